The number of aromatic nitrogens is 6. The molecule has 1 N–H and O–H groups in total. The maximum absolute atomic E-state index is 5.12. The van der Waals surface area contributed by atoms with Crippen molar-refractivity contribution in [1.29, 1.82) is 0 Å². The molecule has 0 radical (unpaired) electrons. The van der Waals surface area contributed by atoms with Crippen molar-refractivity contribution in [3.05, 3.63) is 54.6 Å². The lowest BCUT2D eigenvalue weighted by Crippen LogP contribution is -1.95. The van der Waals surface area contributed by atoms with Crippen molar-refractivity contribution >= 4 is 22.9 Å². The van der Waals surface area contributed by atoms with Crippen molar-refractivity contribution in [3.8, 4) is 11.6 Å². The number of fused-ring (bicyclic) bond motifs is 1. The van der Waals surface area contributed by atoms with E-state index in [1.807, 2.05) is 47.0 Å². The normalized spacial score (nSPS) is 11.0. The van der Waals surface area contributed by atoms with Crippen molar-refractivity contribution in [3.63, 3.8) is 0 Å². The molecule has 0 bridgehead atoms. The fourth-order valence-electron chi connectivity index (χ4n) is 2.33. The Labute approximate surface area is 142 Å². The van der Waals surface area contributed by atoms with E-state index in [-0.39, 0.29) is 0 Å². The fourth-order valence-corrected chi connectivity index (χ4v) is 3.13. The van der Waals surface area contributed by atoms with E-state index in [0.717, 1.165) is 22.2 Å². The monoisotopic (exact) mass is 338 g/mol. The summed E-state index contributed by atoms with van der Waals surface area (Å²) < 4.78 is 7.08. The molecule has 0 saturated carbocycles. The summed E-state index contributed by atoms with van der Waals surface area (Å²) in [6.45, 7) is 0. The van der Waals surface area contributed by atoms with Crippen molar-refractivity contribution in [2.45, 2.75) is 10.9 Å². The molecule has 0 amide bonds. The molecule has 24 heavy (non-hydrogen) atoms. The minimum Gasteiger partial charge on any atom is -0.481 e. The van der Waals surface area contributed by atoms with Gasteiger partial charge in [-0.2, -0.15) is 4.98 Å². The third kappa shape index (κ3) is 2.83. The number of hydrogen-bond donors (Lipinski definition) is 1. The number of hydrogen-bond acceptors (Lipinski definition) is 6. The van der Waals surface area contributed by atoms with E-state index < -0.39 is 0 Å². The highest BCUT2D eigenvalue weighted by atomic mass is 32.2. The second kappa shape index (κ2) is 6.32. The minimum absolute atomic E-state index is 0.553. The van der Waals surface area contributed by atoms with Crippen molar-refractivity contribution in [2.24, 2.45) is 0 Å². The van der Waals surface area contributed by atoms with Gasteiger partial charge < -0.3 is 9.72 Å². The Hall–Kier alpha value is -2.87. The van der Waals surface area contributed by atoms with Crippen LogP contribution in [-0.2, 0) is 5.75 Å². The number of ether oxygens (including phenoxy) is 1. The summed E-state index contributed by atoms with van der Waals surface area (Å²) in [6, 6.07) is 13.7. The summed E-state index contributed by atoms with van der Waals surface area (Å²) in [4.78, 5) is 12.1. The van der Waals surface area contributed by atoms with Gasteiger partial charge in [-0.1, -0.05) is 30.0 Å². The number of pyridine rings is 1. The van der Waals surface area contributed by atoms with E-state index in [9.17, 15) is 0 Å². The zero-order valence-corrected chi connectivity index (χ0v) is 13.7. The molecular formula is C16H14N6OS. The first-order valence-electron chi connectivity index (χ1n) is 7.31. The average molecular weight is 338 g/mol. The molecule has 4 aromatic rings. The number of H-pyrrole nitrogens is 1. The number of aromatic amines is 1. The SMILES string of the molecule is COc1ccc2[nH]c(CSc3nncn3-c3ccccc3)nc2n1. The molecule has 0 aliphatic heterocycles. The predicted octanol–water partition coefficient (Wildman–Crippen LogP) is 2.84. The van der Waals surface area contributed by atoms with E-state index in [2.05, 4.69) is 25.1 Å². The van der Waals surface area contributed by atoms with Gasteiger partial charge in [0.25, 0.3) is 0 Å². The Morgan fingerprint density at radius 2 is 2.00 bits per heavy atom. The first-order valence-corrected chi connectivity index (χ1v) is 8.30. The first kappa shape index (κ1) is 14.7. The molecule has 0 spiro atoms. The maximum atomic E-state index is 5.12. The second-order valence-corrected chi connectivity index (χ2v) is 5.96. The fraction of sp³-hybridized carbons (Fsp3) is 0.125. The van der Waals surface area contributed by atoms with Crippen LogP contribution in [0.25, 0.3) is 16.9 Å². The van der Waals surface area contributed by atoms with E-state index in [1.165, 1.54) is 0 Å². The van der Waals surface area contributed by atoms with Crippen LogP contribution in [0.4, 0.5) is 0 Å². The van der Waals surface area contributed by atoms with Gasteiger partial charge in [-0.3, -0.25) is 4.57 Å². The van der Waals surface area contributed by atoms with Gasteiger partial charge in [-0.15, -0.1) is 10.2 Å². The zero-order valence-electron chi connectivity index (χ0n) is 12.9. The summed E-state index contributed by atoms with van der Waals surface area (Å²) >= 11 is 1.56. The highest BCUT2D eigenvalue weighted by Crippen LogP contribution is 2.23. The molecule has 0 saturated heterocycles. The van der Waals surface area contributed by atoms with Crippen LogP contribution in [0.2, 0.25) is 0 Å². The molecule has 120 valence electrons. The Balaban J connectivity index is 1.55. The lowest BCUT2D eigenvalue weighted by atomic mass is 10.3. The van der Waals surface area contributed by atoms with Crippen LogP contribution >= 0.6 is 11.8 Å². The molecule has 7 nitrogen and oxygen atoms in total. The van der Waals surface area contributed by atoms with Crippen LogP contribution in [0.5, 0.6) is 5.88 Å². The molecule has 0 atom stereocenters. The van der Waals surface area contributed by atoms with E-state index in [1.54, 1.807) is 25.2 Å². The van der Waals surface area contributed by atoms with E-state index in [0.29, 0.717) is 17.3 Å². The molecule has 4 rings (SSSR count). The number of imidazole rings is 1. The zero-order chi connectivity index (χ0) is 16.4. The largest absolute Gasteiger partial charge is 0.481 e. The van der Waals surface area contributed by atoms with Gasteiger partial charge in [0.2, 0.25) is 5.88 Å². The number of para-hydroxylation sites is 1. The van der Waals surface area contributed by atoms with Gasteiger partial charge >= 0.3 is 0 Å². The van der Waals surface area contributed by atoms with Crippen LogP contribution in [0.3, 0.4) is 0 Å². The molecule has 3 aromatic heterocycles. The number of methoxy groups -OCH3 is 1. The van der Waals surface area contributed by atoms with Gasteiger partial charge in [-0.25, -0.2) is 4.98 Å². The van der Waals surface area contributed by atoms with Gasteiger partial charge in [0.1, 0.15) is 12.2 Å². The Bertz CT molecular complexity index is 965. The average Bonchev–Trinajstić information content (AvgIpc) is 3.26. The summed E-state index contributed by atoms with van der Waals surface area (Å²) in [6.07, 6.45) is 1.71. The van der Waals surface area contributed by atoms with Crippen LogP contribution < -0.4 is 4.74 Å². The van der Waals surface area contributed by atoms with Crippen molar-refractivity contribution in [2.75, 3.05) is 7.11 Å². The smallest absolute Gasteiger partial charge is 0.215 e. The number of benzene rings is 1. The number of thioether (sulfide) groups is 1. The number of nitrogens with one attached hydrogen (secondary N) is 1. The third-order valence-corrected chi connectivity index (χ3v) is 4.42. The second-order valence-electron chi connectivity index (χ2n) is 5.02. The Morgan fingerprint density at radius 3 is 2.83 bits per heavy atom. The molecule has 8 heteroatoms. The molecule has 0 aliphatic rings. The van der Waals surface area contributed by atoms with E-state index >= 15 is 0 Å². The molecule has 0 aliphatic carbocycles. The van der Waals surface area contributed by atoms with Crippen LogP contribution in [0.1, 0.15) is 5.82 Å². The molecule has 1 aromatic carbocycles. The summed E-state index contributed by atoms with van der Waals surface area (Å²) in [5, 5.41) is 9.01. The van der Waals surface area contributed by atoms with Crippen molar-refractivity contribution < 1.29 is 4.74 Å². The number of rotatable bonds is 5. The first-order chi connectivity index (χ1) is 11.8. The van der Waals surface area contributed by atoms with E-state index in [4.69, 9.17) is 4.74 Å². The Morgan fingerprint density at radius 1 is 1.12 bits per heavy atom. The van der Waals surface area contributed by atoms with Crippen LogP contribution in [0, 0.1) is 0 Å². The molecule has 0 fully saturated rings. The van der Waals surface area contributed by atoms with Gasteiger partial charge in [-0.05, 0) is 18.2 Å². The molecular weight excluding hydrogens is 324 g/mol. The van der Waals surface area contributed by atoms with Gasteiger partial charge in [0.05, 0.1) is 18.4 Å². The summed E-state index contributed by atoms with van der Waals surface area (Å²) in [5.74, 6) is 2.03. The quantitative estimate of drug-likeness (QED) is 0.564. The Kier molecular flexibility index (Phi) is 3.87. The van der Waals surface area contributed by atoms with Gasteiger partial charge in [0.15, 0.2) is 10.8 Å². The predicted molar refractivity (Wildman–Crippen MR) is 91.4 cm³/mol. The van der Waals surface area contributed by atoms with Gasteiger partial charge in [0, 0.05) is 11.8 Å². The lowest BCUT2D eigenvalue weighted by molar-refractivity contribution is 0.399. The molecule has 0 unspecified atom stereocenters. The van der Waals surface area contributed by atoms with Crippen molar-refractivity contribution in [1.82, 2.24) is 29.7 Å². The third-order valence-electron chi connectivity index (χ3n) is 3.47. The summed E-state index contributed by atoms with van der Waals surface area (Å²) in [7, 11) is 1.59. The maximum Gasteiger partial charge on any atom is 0.215 e. The highest BCUT2D eigenvalue weighted by molar-refractivity contribution is 7.98. The van der Waals surface area contributed by atoms with Crippen LogP contribution in [-0.4, -0.2) is 36.8 Å². The topological polar surface area (TPSA) is 81.5 Å². The standard InChI is InChI=1S/C16H14N6OS/c1-23-14-8-7-12-15(20-14)19-13(18-12)9-24-16-21-17-10-22(16)11-5-3-2-4-6-11/h2-8,10H,9H2,1H3,(H,18,19,20). The minimum atomic E-state index is 0.553. The van der Waals surface area contributed by atoms with Crippen LogP contribution in [0.15, 0.2) is 53.9 Å². The highest BCUT2D eigenvalue weighted by Gasteiger charge is 2.10. The summed E-state index contributed by atoms with van der Waals surface area (Å²) in [5.41, 5.74) is 2.56. The number of nitrogens with zero attached hydrogens (tertiary/aromatic N) is 5. The lowest BCUT2D eigenvalue weighted by Gasteiger charge is -2.04. The molecule has 3 heterocycles.